The average molecular weight is 435 g/mol. The Kier molecular flexibility index (Phi) is 5.75. The van der Waals surface area contributed by atoms with Gasteiger partial charge in [0.25, 0.3) is 10.0 Å². The first-order valence-corrected chi connectivity index (χ1v) is 11.8. The molecule has 0 saturated carbocycles. The molecular formula is C21H34N6O2S. The van der Waals surface area contributed by atoms with Crippen LogP contribution in [0.25, 0.3) is 0 Å². The standard InChI is InChI=1S/C21H34N6O2S/c1-15-22-18(14-25(15)8)30(28,29)27-11-9-26(10-12-27)17-13-16(20(2,3)4)23-19(24-17)21(5,6)7/h13-14H,9-12H2,1-8H3. The lowest BCUT2D eigenvalue weighted by molar-refractivity contribution is 0.381. The Labute approximate surface area is 180 Å². The van der Waals surface area contributed by atoms with Crippen LogP contribution in [0.15, 0.2) is 17.3 Å². The number of piperazine rings is 1. The Morgan fingerprint density at radius 1 is 0.900 bits per heavy atom. The number of sulfonamides is 1. The molecule has 3 rings (SSSR count). The van der Waals surface area contributed by atoms with Crippen molar-refractivity contribution in [1.29, 1.82) is 0 Å². The molecule has 0 spiro atoms. The van der Waals surface area contributed by atoms with Crippen molar-refractivity contribution in [3.05, 3.63) is 29.6 Å². The van der Waals surface area contributed by atoms with Crippen LogP contribution in [0.3, 0.4) is 0 Å². The smallest absolute Gasteiger partial charge is 0.262 e. The zero-order chi connectivity index (χ0) is 22.5. The number of hydrogen-bond acceptors (Lipinski definition) is 6. The molecule has 0 aromatic carbocycles. The molecule has 1 aliphatic heterocycles. The minimum absolute atomic E-state index is 0.0975. The molecule has 0 atom stereocenters. The van der Waals surface area contributed by atoms with Crippen LogP contribution in [0.4, 0.5) is 5.82 Å². The summed E-state index contributed by atoms with van der Waals surface area (Å²) < 4.78 is 29.2. The van der Waals surface area contributed by atoms with Crippen LogP contribution in [0.5, 0.6) is 0 Å². The molecule has 30 heavy (non-hydrogen) atoms. The molecule has 166 valence electrons. The summed E-state index contributed by atoms with van der Waals surface area (Å²) in [5, 5.41) is 0.114. The van der Waals surface area contributed by atoms with Crippen molar-refractivity contribution < 1.29 is 8.42 Å². The van der Waals surface area contributed by atoms with E-state index in [0.717, 1.165) is 17.3 Å². The highest BCUT2D eigenvalue weighted by Crippen LogP contribution is 2.29. The van der Waals surface area contributed by atoms with Gasteiger partial charge >= 0.3 is 0 Å². The fraction of sp³-hybridized carbons (Fsp3) is 0.667. The summed E-state index contributed by atoms with van der Waals surface area (Å²) in [4.78, 5) is 16.0. The van der Waals surface area contributed by atoms with E-state index in [1.807, 2.05) is 6.07 Å². The zero-order valence-electron chi connectivity index (χ0n) is 19.4. The van der Waals surface area contributed by atoms with Crippen molar-refractivity contribution in [2.24, 2.45) is 7.05 Å². The summed E-state index contributed by atoms with van der Waals surface area (Å²) in [7, 11) is -1.79. The van der Waals surface area contributed by atoms with Gasteiger partial charge in [-0.25, -0.2) is 23.4 Å². The maximum atomic E-state index is 13.0. The van der Waals surface area contributed by atoms with Crippen LogP contribution in [0, 0.1) is 6.92 Å². The molecule has 0 amide bonds. The maximum absolute atomic E-state index is 13.0. The van der Waals surface area contributed by atoms with E-state index >= 15 is 0 Å². The molecule has 2 aromatic heterocycles. The Balaban J connectivity index is 1.84. The largest absolute Gasteiger partial charge is 0.354 e. The van der Waals surface area contributed by atoms with Gasteiger partial charge in [-0.1, -0.05) is 41.5 Å². The van der Waals surface area contributed by atoms with E-state index in [-0.39, 0.29) is 15.9 Å². The lowest BCUT2D eigenvalue weighted by Gasteiger charge is -2.35. The van der Waals surface area contributed by atoms with Crippen molar-refractivity contribution in [3.8, 4) is 0 Å². The summed E-state index contributed by atoms with van der Waals surface area (Å²) in [6, 6.07) is 2.04. The van der Waals surface area contributed by atoms with Crippen molar-refractivity contribution in [1.82, 2.24) is 23.8 Å². The lowest BCUT2D eigenvalue weighted by atomic mass is 9.90. The quantitative estimate of drug-likeness (QED) is 0.738. The van der Waals surface area contributed by atoms with Gasteiger partial charge in [0, 0.05) is 56.3 Å². The molecule has 9 heteroatoms. The van der Waals surface area contributed by atoms with Crippen LogP contribution < -0.4 is 4.90 Å². The van der Waals surface area contributed by atoms with E-state index in [0.29, 0.717) is 32.0 Å². The topological polar surface area (TPSA) is 84.2 Å². The normalized spacial score (nSPS) is 16.9. The molecule has 0 radical (unpaired) electrons. The first-order valence-electron chi connectivity index (χ1n) is 10.3. The number of imidazole rings is 1. The molecule has 2 aromatic rings. The third kappa shape index (κ3) is 4.51. The lowest BCUT2D eigenvalue weighted by Crippen LogP contribution is -2.49. The van der Waals surface area contributed by atoms with Gasteiger partial charge in [0.15, 0.2) is 5.03 Å². The van der Waals surface area contributed by atoms with Crippen LogP contribution in [0.2, 0.25) is 0 Å². The number of aromatic nitrogens is 4. The molecule has 1 aliphatic rings. The van der Waals surface area contributed by atoms with Crippen molar-refractivity contribution in [2.75, 3.05) is 31.1 Å². The third-order valence-corrected chi connectivity index (χ3v) is 7.18. The first kappa shape index (κ1) is 22.7. The third-order valence-electron chi connectivity index (χ3n) is 5.41. The second-order valence-corrected chi connectivity index (χ2v) is 11.9. The minimum Gasteiger partial charge on any atom is -0.354 e. The van der Waals surface area contributed by atoms with E-state index < -0.39 is 10.0 Å². The highest BCUT2D eigenvalue weighted by Gasteiger charge is 2.32. The second-order valence-electron chi connectivity index (χ2n) is 10.1. The summed E-state index contributed by atoms with van der Waals surface area (Å²) in [6.07, 6.45) is 1.58. The van der Waals surface area contributed by atoms with Crippen LogP contribution in [-0.2, 0) is 27.9 Å². The molecule has 1 fully saturated rings. The number of nitrogens with zero attached hydrogens (tertiary/aromatic N) is 6. The van der Waals surface area contributed by atoms with Gasteiger partial charge < -0.3 is 9.47 Å². The monoisotopic (exact) mass is 434 g/mol. The minimum atomic E-state index is -3.59. The van der Waals surface area contributed by atoms with E-state index in [4.69, 9.17) is 9.97 Å². The maximum Gasteiger partial charge on any atom is 0.262 e. The Morgan fingerprint density at radius 2 is 1.50 bits per heavy atom. The second kappa shape index (κ2) is 7.60. The van der Waals surface area contributed by atoms with Gasteiger partial charge in [-0.15, -0.1) is 0 Å². The Bertz CT molecular complexity index is 971. The van der Waals surface area contributed by atoms with Gasteiger partial charge in [-0.3, -0.25) is 0 Å². The van der Waals surface area contributed by atoms with E-state index in [1.165, 1.54) is 4.31 Å². The van der Waals surface area contributed by atoms with Gasteiger partial charge in [0.2, 0.25) is 0 Å². The molecule has 1 saturated heterocycles. The number of hydrogen-bond donors (Lipinski definition) is 0. The van der Waals surface area contributed by atoms with Gasteiger partial charge in [-0.05, 0) is 6.92 Å². The van der Waals surface area contributed by atoms with Crippen LogP contribution in [0.1, 0.15) is 58.9 Å². The van der Waals surface area contributed by atoms with Crippen molar-refractivity contribution >= 4 is 15.8 Å². The predicted octanol–water partition coefficient (Wildman–Crippen LogP) is 2.62. The SMILES string of the molecule is Cc1nc(S(=O)(=O)N2CCN(c3cc(C(C)(C)C)nc(C(C)(C)C)n3)CC2)cn1C. The molecule has 0 bridgehead atoms. The van der Waals surface area contributed by atoms with Crippen LogP contribution >= 0.6 is 0 Å². The number of anilines is 1. The van der Waals surface area contributed by atoms with Gasteiger partial charge in [0.1, 0.15) is 17.5 Å². The van der Waals surface area contributed by atoms with E-state index in [2.05, 4.69) is 51.4 Å². The fourth-order valence-electron chi connectivity index (χ4n) is 3.26. The zero-order valence-corrected chi connectivity index (χ0v) is 20.2. The molecule has 0 N–H and O–H groups in total. The first-order chi connectivity index (χ1) is 13.7. The van der Waals surface area contributed by atoms with E-state index in [9.17, 15) is 8.42 Å². The summed E-state index contributed by atoms with van der Waals surface area (Å²) >= 11 is 0. The van der Waals surface area contributed by atoms with E-state index in [1.54, 1.807) is 24.7 Å². The Hall–Kier alpha value is -2.00. The Morgan fingerprint density at radius 3 is 1.97 bits per heavy atom. The summed E-state index contributed by atoms with van der Waals surface area (Å²) in [5.74, 6) is 2.35. The van der Waals surface area contributed by atoms with Crippen LogP contribution in [-0.4, -0.2) is 58.4 Å². The highest BCUT2D eigenvalue weighted by atomic mass is 32.2. The molecule has 3 heterocycles. The summed E-state index contributed by atoms with van der Waals surface area (Å²) in [6.45, 7) is 16.5. The fourth-order valence-corrected chi connectivity index (χ4v) is 4.70. The molecular weight excluding hydrogens is 400 g/mol. The number of rotatable bonds is 3. The van der Waals surface area contributed by atoms with Gasteiger partial charge in [-0.2, -0.15) is 4.31 Å². The average Bonchev–Trinajstić information content (AvgIpc) is 2.99. The molecule has 8 nitrogen and oxygen atoms in total. The highest BCUT2D eigenvalue weighted by molar-refractivity contribution is 7.89. The predicted molar refractivity (Wildman–Crippen MR) is 118 cm³/mol. The molecule has 0 aliphatic carbocycles. The van der Waals surface area contributed by atoms with Crippen molar-refractivity contribution in [3.63, 3.8) is 0 Å². The summed E-state index contributed by atoms with van der Waals surface area (Å²) in [5.41, 5.74) is 0.731. The number of aryl methyl sites for hydroxylation is 2. The van der Waals surface area contributed by atoms with Gasteiger partial charge in [0.05, 0.1) is 5.69 Å². The molecule has 0 unspecified atom stereocenters. The van der Waals surface area contributed by atoms with Crippen molar-refractivity contribution in [2.45, 2.75) is 64.3 Å².